The summed E-state index contributed by atoms with van der Waals surface area (Å²) >= 11 is 8.14. The topological polar surface area (TPSA) is 52.7 Å². The van der Waals surface area contributed by atoms with Gasteiger partial charge in [-0.1, -0.05) is 48.4 Å². The number of hydrogen-bond donors (Lipinski definition) is 1. The summed E-state index contributed by atoms with van der Waals surface area (Å²) in [6, 6.07) is 20.6. The molecule has 3 aliphatic rings. The SMILES string of the molecule is O=C(NCCN1CCC(Cc2ccccc2)CC1)c1ccc2c(c1)N(Cc1cc(F)ccc1Cl)C(=O)[C@@H]1CCC[C@@H]1S2. The fraction of sp³-hybridized carbons (Fsp3) is 0.412. The number of rotatable bonds is 8. The molecule has 3 aromatic rings. The molecule has 1 aliphatic carbocycles. The van der Waals surface area contributed by atoms with Crippen LogP contribution >= 0.6 is 23.4 Å². The summed E-state index contributed by atoms with van der Waals surface area (Å²) in [5.41, 5.74) is 3.18. The van der Waals surface area contributed by atoms with Gasteiger partial charge in [-0.05, 0) is 98.6 Å². The molecule has 5 nitrogen and oxygen atoms in total. The molecule has 0 bridgehead atoms. The van der Waals surface area contributed by atoms with Crippen molar-refractivity contribution in [1.82, 2.24) is 10.2 Å². The van der Waals surface area contributed by atoms with Crippen molar-refractivity contribution in [2.45, 2.75) is 55.2 Å². The number of halogens is 2. The molecule has 1 saturated heterocycles. The predicted octanol–water partition coefficient (Wildman–Crippen LogP) is 6.97. The van der Waals surface area contributed by atoms with Crippen LogP contribution in [-0.4, -0.2) is 48.1 Å². The van der Waals surface area contributed by atoms with Gasteiger partial charge in [-0.25, -0.2) is 4.39 Å². The van der Waals surface area contributed by atoms with Crippen molar-refractivity contribution in [2.24, 2.45) is 11.8 Å². The summed E-state index contributed by atoms with van der Waals surface area (Å²) in [6.07, 6.45) is 6.33. The Balaban J connectivity index is 1.10. The van der Waals surface area contributed by atoms with Crippen LogP contribution in [-0.2, 0) is 17.8 Å². The smallest absolute Gasteiger partial charge is 0.251 e. The number of likely N-dealkylation sites (tertiary alicyclic amines) is 1. The van der Waals surface area contributed by atoms with E-state index in [4.69, 9.17) is 11.6 Å². The lowest BCUT2D eigenvalue weighted by atomic mass is 9.90. The molecule has 0 spiro atoms. The zero-order valence-electron chi connectivity index (χ0n) is 23.7. The predicted molar refractivity (Wildman–Crippen MR) is 168 cm³/mol. The standard InChI is InChI=1S/C34H37ClFN3O2S/c35-29-11-10-27(36)20-26(29)22-39-30-21-25(9-12-32(30)42-31-8-4-7-28(31)34(39)41)33(40)37-15-18-38-16-13-24(14-17-38)19-23-5-2-1-3-6-23/h1-3,5-6,9-12,20-21,24,28,31H,4,7-8,13-19,22H2,(H,37,40)/t28-,31+/m1/s1. The number of nitrogens with one attached hydrogen (secondary N) is 1. The number of nitrogens with zero attached hydrogens (tertiary/aromatic N) is 2. The number of anilines is 1. The van der Waals surface area contributed by atoms with Crippen molar-refractivity contribution < 1.29 is 14.0 Å². The first-order chi connectivity index (χ1) is 20.4. The zero-order chi connectivity index (χ0) is 29.1. The summed E-state index contributed by atoms with van der Waals surface area (Å²) < 4.78 is 14.1. The summed E-state index contributed by atoms with van der Waals surface area (Å²) in [7, 11) is 0. The number of thioether (sulfide) groups is 1. The van der Waals surface area contributed by atoms with Crippen LogP contribution in [0.25, 0.3) is 0 Å². The highest BCUT2D eigenvalue weighted by molar-refractivity contribution is 8.00. The number of amides is 2. The molecule has 2 atom stereocenters. The highest BCUT2D eigenvalue weighted by Crippen LogP contribution is 2.47. The van der Waals surface area contributed by atoms with E-state index in [1.807, 2.05) is 18.2 Å². The van der Waals surface area contributed by atoms with Crippen molar-refractivity contribution in [3.63, 3.8) is 0 Å². The van der Waals surface area contributed by atoms with Gasteiger partial charge < -0.3 is 15.1 Å². The van der Waals surface area contributed by atoms with Gasteiger partial charge in [0.25, 0.3) is 5.91 Å². The lowest BCUT2D eigenvalue weighted by Crippen LogP contribution is -2.40. The van der Waals surface area contributed by atoms with Gasteiger partial charge in [0.2, 0.25) is 5.91 Å². The van der Waals surface area contributed by atoms with E-state index >= 15 is 0 Å². The van der Waals surface area contributed by atoms with Gasteiger partial charge in [0.05, 0.1) is 18.2 Å². The summed E-state index contributed by atoms with van der Waals surface area (Å²) in [6.45, 7) is 3.64. The zero-order valence-corrected chi connectivity index (χ0v) is 25.3. The number of carbonyl (C=O) groups excluding carboxylic acids is 2. The molecule has 2 aliphatic heterocycles. The Morgan fingerprint density at radius 2 is 1.81 bits per heavy atom. The highest BCUT2D eigenvalue weighted by Gasteiger charge is 2.40. The first-order valence-corrected chi connectivity index (χ1v) is 16.3. The Morgan fingerprint density at radius 1 is 1.00 bits per heavy atom. The quantitative estimate of drug-likeness (QED) is 0.301. The Kier molecular flexibility index (Phi) is 9.17. The van der Waals surface area contributed by atoms with E-state index in [1.54, 1.807) is 16.7 Å². The van der Waals surface area contributed by atoms with Crippen LogP contribution in [0.2, 0.25) is 5.02 Å². The molecule has 0 aromatic heterocycles. The Labute approximate surface area is 256 Å². The second-order valence-electron chi connectivity index (χ2n) is 11.8. The highest BCUT2D eigenvalue weighted by atomic mass is 35.5. The lowest BCUT2D eigenvalue weighted by Gasteiger charge is -2.32. The largest absolute Gasteiger partial charge is 0.351 e. The number of benzene rings is 3. The molecule has 2 fully saturated rings. The number of fused-ring (bicyclic) bond motifs is 2. The lowest BCUT2D eigenvalue weighted by molar-refractivity contribution is -0.122. The minimum absolute atomic E-state index is 0.0253. The van der Waals surface area contributed by atoms with Crippen LogP contribution in [0, 0.1) is 17.7 Å². The molecule has 8 heteroatoms. The number of carbonyl (C=O) groups is 2. The van der Waals surface area contributed by atoms with E-state index in [9.17, 15) is 14.0 Å². The molecule has 3 aromatic carbocycles. The fourth-order valence-corrected chi connectivity index (χ4v) is 8.23. The normalized spacial score (nSPS) is 21.1. The van der Waals surface area contributed by atoms with Crippen molar-refractivity contribution in [1.29, 1.82) is 0 Å². The molecular formula is C34H37ClFN3O2S. The maximum atomic E-state index is 14.1. The van der Waals surface area contributed by atoms with Gasteiger partial charge in [-0.2, -0.15) is 0 Å². The molecule has 0 radical (unpaired) electrons. The minimum atomic E-state index is -0.390. The first kappa shape index (κ1) is 29.2. The van der Waals surface area contributed by atoms with E-state index < -0.39 is 5.82 Å². The third kappa shape index (κ3) is 6.69. The molecule has 42 heavy (non-hydrogen) atoms. The molecule has 2 heterocycles. The van der Waals surface area contributed by atoms with E-state index in [2.05, 4.69) is 40.5 Å². The van der Waals surface area contributed by atoms with Crippen molar-refractivity contribution in [3.05, 3.63) is 94.3 Å². The van der Waals surface area contributed by atoms with Crippen molar-refractivity contribution >= 4 is 40.9 Å². The fourth-order valence-electron chi connectivity index (χ4n) is 6.59. The molecular weight excluding hydrogens is 569 g/mol. The van der Waals surface area contributed by atoms with E-state index in [1.165, 1.54) is 36.6 Å². The third-order valence-electron chi connectivity index (χ3n) is 8.95. The van der Waals surface area contributed by atoms with Crippen molar-refractivity contribution in [3.8, 4) is 0 Å². The van der Waals surface area contributed by atoms with Crippen LogP contribution in [0.1, 0.15) is 53.6 Å². The Hall–Kier alpha value is -2.87. The number of hydrogen-bond acceptors (Lipinski definition) is 4. The van der Waals surface area contributed by atoms with Gasteiger partial charge in [-0.3, -0.25) is 9.59 Å². The molecule has 6 rings (SSSR count). The average Bonchev–Trinajstić information content (AvgIpc) is 3.43. The van der Waals surface area contributed by atoms with E-state index in [-0.39, 0.29) is 29.5 Å². The Morgan fingerprint density at radius 3 is 2.62 bits per heavy atom. The molecule has 220 valence electrons. The summed E-state index contributed by atoms with van der Waals surface area (Å²) in [4.78, 5) is 32.2. The second kappa shape index (κ2) is 13.2. The monoisotopic (exact) mass is 605 g/mol. The van der Waals surface area contributed by atoms with Crippen LogP contribution in [0.4, 0.5) is 10.1 Å². The van der Waals surface area contributed by atoms with Gasteiger partial charge in [-0.15, -0.1) is 11.8 Å². The molecule has 0 unspecified atom stereocenters. The van der Waals surface area contributed by atoms with Gasteiger partial charge in [0.1, 0.15) is 5.82 Å². The van der Waals surface area contributed by atoms with Crippen LogP contribution in [0.15, 0.2) is 71.6 Å². The molecule has 2 amide bonds. The maximum absolute atomic E-state index is 14.1. The van der Waals surface area contributed by atoms with E-state index in [0.29, 0.717) is 34.3 Å². The third-order valence-corrected chi connectivity index (χ3v) is 10.8. The minimum Gasteiger partial charge on any atom is -0.351 e. The Bertz CT molecular complexity index is 1430. The first-order valence-electron chi connectivity index (χ1n) is 15.0. The van der Waals surface area contributed by atoms with Gasteiger partial charge in [0.15, 0.2) is 0 Å². The molecule has 1 N–H and O–H groups in total. The summed E-state index contributed by atoms with van der Waals surface area (Å²) in [5, 5.41) is 3.72. The van der Waals surface area contributed by atoms with Gasteiger partial charge in [0, 0.05) is 33.8 Å². The van der Waals surface area contributed by atoms with Crippen molar-refractivity contribution in [2.75, 3.05) is 31.1 Å². The molecule has 1 saturated carbocycles. The summed E-state index contributed by atoms with van der Waals surface area (Å²) in [5.74, 6) is 0.102. The number of piperidine rings is 1. The average molecular weight is 606 g/mol. The van der Waals surface area contributed by atoms with Gasteiger partial charge >= 0.3 is 0 Å². The second-order valence-corrected chi connectivity index (χ2v) is 13.5. The van der Waals surface area contributed by atoms with Crippen LogP contribution in [0.5, 0.6) is 0 Å². The van der Waals surface area contributed by atoms with Crippen LogP contribution < -0.4 is 10.2 Å². The maximum Gasteiger partial charge on any atom is 0.251 e. The van der Waals surface area contributed by atoms with Crippen LogP contribution in [0.3, 0.4) is 0 Å². The van der Waals surface area contributed by atoms with E-state index in [0.717, 1.165) is 50.2 Å².